The molecule has 3 aromatic rings. The number of nitrogens with zero attached hydrogens (tertiary/aromatic N) is 3. The maximum atomic E-state index is 12.7. The molecular weight excluding hydrogens is 440 g/mol. The van der Waals surface area contributed by atoms with E-state index in [1.54, 1.807) is 0 Å². The Labute approximate surface area is 194 Å². The number of rotatable bonds is 9. The van der Waals surface area contributed by atoms with Gasteiger partial charge in [0.1, 0.15) is 0 Å². The SMILES string of the molecule is CNN(NC)S(=O)(=O)Nc1cc(C)ccc1CN1CCC[C@@H](Nc2ccc3[nH]ncc3c2)C1. The highest BCUT2D eigenvalue weighted by Crippen LogP contribution is 2.25. The summed E-state index contributed by atoms with van der Waals surface area (Å²) in [5.41, 5.74) is 9.85. The Morgan fingerprint density at radius 3 is 2.79 bits per heavy atom. The number of piperidine rings is 1. The van der Waals surface area contributed by atoms with Crippen LogP contribution in [0.25, 0.3) is 10.9 Å². The fraction of sp³-hybridized carbons (Fsp3) is 0.409. The van der Waals surface area contributed by atoms with Gasteiger partial charge in [-0.1, -0.05) is 16.7 Å². The molecule has 178 valence electrons. The van der Waals surface area contributed by atoms with Crippen LogP contribution in [0.4, 0.5) is 11.4 Å². The second kappa shape index (κ2) is 10.1. The molecule has 33 heavy (non-hydrogen) atoms. The molecule has 0 spiro atoms. The minimum atomic E-state index is -3.80. The van der Waals surface area contributed by atoms with Crippen molar-refractivity contribution >= 4 is 32.5 Å². The number of benzene rings is 2. The summed E-state index contributed by atoms with van der Waals surface area (Å²) < 4.78 is 29.1. The van der Waals surface area contributed by atoms with Crippen molar-refractivity contribution in [2.45, 2.75) is 32.4 Å². The lowest BCUT2D eigenvalue weighted by Gasteiger charge is -2.34. The van der Waals surface area contributed by atoms with Crippen LogP contribution in [0.15, 0.2) is 42.6 Å². The van der Waals surface area contributed by atoms with E-state index in [0.717, 1.165) is 58.2 Å². The van der Waals surface area contributed by atoms with Gasteiger partial charge in [0.05, 0.1) is 17.4 Å². The highest BCUT2D eigenvalue weighted by Gasteiger charge is 2.24. The summed E-state index contributed by atoms with van der Waals surface area (Å²) in [6.45, 7) is 4.46. The third-order valence-electron chi connectivity index (χ3n) is 5.86. The van der Waals surface area contributed by atoms with Crippen LogP contribution in [0.3, 0.4) is 0 Å². The fourth-order valence-electron chi connectivity index (χ4n) is 4.29. The van der Waals surface area contributed by atoms with Crippen molar-refractivity contribution in [3.63, 3.8) is 0 Å². The molecule has 2 aromatic carbocycles. The number of aromatic nitrogens is 2. The lowest BCUT2D eigenvalue weighted by molar-refractivity contribution is 0.209. The van der Waals surface area contributed by atoms with E-state index >= 15 is 0 Å². The Balaban J connectivity index is 1.45. The molecule has 1 fully saturated rings. The first kappa shape index (κ1) is 23.5. The number of likely N-dealkylation sites (tertiary alicyclic amines) is 1. The van der Waals surface area contributed by atoms with Crippen LogP contribution in [0.2, 0.25) is 0 Å². The topological polar surface area (TPSA) is 117 Å². The van der Waals surface area contributed by atoms with E-state index in [-0.39, 0.29) is 0 Å². The highest BCUT2D eigenvalue weighted by atomic mass is 32.2. The maximum absolute atomic E-state index is 12.7. The van der Waals surface area contributed by atoms with Crippen LogP contribution >= 0.6 is 0 Å². The number of hydrogen-bond acceptors (Lipinski definition) is 7. The zero-order valence-electron chi connectivity index (χ0n) is 19.2. The number of H-pyrrole nitrogens is 1. The van der Waals surface area contributed by atoms with Gasteiger partial charge in [-0.25, -0.2) is 10.9 Å². The number of aromatic amines is 1. The Morgan fingerprint density at radius 1 is 1.18 bits per heavy atom. The van der Waals surface area contributed by atoms with Crippen molar-refractivity contribution in [2.24, 2.45) is 0 Å². The molecule has 10 nitrogen and oxygen atoms in total. The molecule has 0 bridgehead atoms. The predicted molar refractivity (Wildman–Crippen MR) is 132 cm³/mol. The minimum absolute atomic E-state index is 0.317. The average Bonchev–Trinajstić information content (AvgIpc) is 3.24. The van der Waals surface area contributed by atoms with Crippen LogP contribution in [-0.4, -0.2) is 61.3 Å². The molecule has 0 aliphatic carbocycles. The van der Waals surface area contributed by atoms with Gasteiger partial charge in [0.2, 0.25) is 0 Å². The van der Waals surface area contributed by atoms with Crippen molar-refractivity contribution in [2.75, 3.05) is 37.2 Å². The van der Waals surface area contributed by atoms with Gasteiger partial charge < -0.3 is 5.32 Å². The lowest BCUT2D eigenvalue weighted by atomic mass is 10.0. The predicted octanol–water partition coefficient (Wildman–Crippen LogP) is 2.18. The Bertz CT molecular complexity index is 1190. The number of aryl methyl sites for hydroxylation is 1. The Hall–Kier alpha value is -2.70. The summed E-state index contributed by atoms with van der Waals surface area (Å²) in [5.74, 6) is 0. The molecule has 0 radical (unpaired) electrons. The van der Waals surface area contributed by atoms with Crippen molar-refractivity contribution in [1.82, 2.24) is 30.5 Å². The normalized spacial score (nSPS) is 17.5. The smallest absolute Gasteiger partial charge is 0.328 e. The van der Waals surface area contributed by atoms with E-state index in [4.69, 9.17) is 0 Å². The molecule has 0 unspecified atom stereocenters. The van der Waals surface area contributed by atoms with E-state index < -0.39 is 10.2 Å². The van der Waals surface area contributed by atoms with E-state index in [1.807, 2.05) is 37.4 Å². The molecule has 0 amide bonds. The summed E-state index contributed by atoms with van der Waals surface area (Å²) in [6.07, 6.45) is 4.00. The molecule has 0 saturated carbocycles. The molecule has 1 saturated heterocycles. The van der Waals surface area contributed by atoms with Crippen molar-refractivity contribution in [3.8, 4) is 0 Å². The summed E-state index contributed by atoms with van der Waals surface area (Å²) in [6, 6.07) is 12.4. The molecule has 2 heterocycles. The standard InChI is InChI=1S/C22H32N8O2S/c1-16-6-7-17(22(11-16)28-33(31,32)30(23-2)24-3)14-29-10-4-5-20(15-29)26-19-8-9-21-18(12-19)13-25-27-21/h6-9,11-13,20,23-24,26,28H,4-5,10,14-15H2,1-3H3,(H,25,27)/t20-/m1/s1. The van der Waals surface area contributed by atoms with E-state index in [1.165, 1.54) is 14.1 Å². The summed E-state index contributed by atoms with van der Waals surface area (Å²) in [5, 5.41) is 11.8. The third-order valence-corrected chi connectivity index (χ3v) is 7.19. The zero-order chi connectivity index (χ0) is 23.4. The zero-order valence-corrected chi connectivity index (χ0v) is 20.0. The second-order valence-corrected chi connectivity index (χ2v) is 9.89. The van der Waals surface area contributed by atoms with Crippen LogP contribution in [0, 0.1) is 6.92 Å². The largest absolute Gasteiger partial charge is 0.381 e. The molecule has 1 aliphatic rings. The molecule has 5 N–H and O–H groups in total. The molecule has 1 aromatic heterocycles. The molecule has 11 heteroatoms. The van der Waals surface area contributed by atoms with Crippen LogP contribution in [-0.2, 0) is 16.8 Å². The van der Waals surface area contributed by atoms with E-state index in [9.17, 15) is 8.42 Å². The van der Waals surface area contributed by atoms with Crippen LogP contribution < -0.4 is 20.9 Å². The highest BCUT2D eigenvalue weighted by molar-refractivity contribution is 7.90. The first-order valence-corrected chi connectivity index (χ1v) is 12.5. The fourth-order valence-corrected chi connectivity index (χ4v) is 5.33. The van der Waals surface area contributed by atoms with Gasteiger partial charge in [-0.05, 0) is 61.7 Å². The van der Waals surface area contributed by atoms with Gasteiger partial charge in [-0.3, -0.25) is 14.7 Å². The summed E-state index contributed by atoms with van der Waals surface area (Å²) >= 11 is 0. The number of hydrogen-bond donors (Lipinski definition) is 5. The monoisotopic (exact) mass is 472 g/mol. The summed E-state index contributed by atoms with van der Waals surface area (Å²) in [4.78, 5) is 2.37. The van der Waals surface area contributed by atoms with Gasteiger partial charge >= 0.3 is 10.2 Å². The third kappa shape index (κ3) is 5.63. The maximum Gasteiger partial charge on any atom is 0.328 e. The number of fused-ring (bicyclic) bond motifs is 1. The van der Waals surface area contributed by atoms with Gasteiger partial charge in [0, 0.05) is 44.3 Å². The minimum Gasteiger partial charge on any atom is -0.381 e. The average molecular weight is 473 g/mol. The van der Waals surface area contributed by atoms with Crippen molar-refractivity contribution < 1.29 is 8.42 Å². The van der Waals surface area contributed by atoms with E-state index in [0.29, 0.717) is 18.3 Å². The number of nitrogens with one attached hydrogen (secondary N) is 5. The Morgan fingerprint density at radius 2 is 2.00 bits per heavy atom. The molecule has 1 atom stereocenters. The van der Waals surface area contributed by atoms with Crippen LogP contribution in [0.1, 0.15) is 24.0 Å². The second-order valence-electron chi connectivity index (χ2n) is 8.37. The van der Waals surface area contributed by atoms with Gasteiger partial charge in [-0.2, -0.15) is 13.5 Å². The van der Waals surface area contributed by atoms with Crippen molar-refractivity contribution in [3.05, 3.63) is 53.7 Å². The molecule has 4 rings (SSSR count). The van der Waals surface area contributed by atoms with Gasteiger partial charge in [-0.15, -0.1) is 0 Å². The summed E-state index contributed by atoms with van der Waals surface area (Å²) in [7, 11) is -0.718. The van der Waals surface area contributed by atoms with Gasteiger partial charge in [0.25, 0.3) is 0 Å². The molecule has 1 aliphatic heterocycles. The quantitative estimate of drug-likeness (QED) is 0.303. The number of anilines is 2. The number of hydrazine groups is 2. The molecular formula is C22H32N8O2S. The van der Waals surface area contributed by atoms with Gasteiger partial charge in [0.15, 0.2) is 0 Å². The van der Waals surface area contributed by atoms with Crippen LogP contribution in [0.5, 0.6) is 0 Å². The first-order chi connectivity index (χ1) is 15.9. The van der Waals surface area contributed by atoms with E-state index in [2.05, 4.69) is 48.1 Å². The first-order valence-electron chi connectivity index (χ1n) is 11.1. The lowest BCUT2D eigenvalue weighted by Crippen LogP contribution is -2.50. The van der Waals surface area contributed by atoms with Crippen molar-refractivity contribution in [1.29, 1.82) is 0 Å². The Kier molecular flexibility index (Phi) is 7.15.